The molecule has 0 unspecified atom stereocenters. The van der Waals surface area contributed by atoms with Gasteiger partial charge < -0.3 is 10.4 Å². The highest BCUT2D eigenvalue weighted by molar-refractivity contribution is 5.85. The van der Waals surface area contributed by atoms with Crippen molar-refractivity contribution in [1.82, 2.24) is 5.32 Å². The Morgan fingerprint density at radius 1 is 1.24 bits per heavy atom. The predicted molar refractivity (Wildman–Crippen MR) is 80.2 cm³/mol. The van der Waals surface area contributed by atoms with Crippen molar-refractivity contribution in [2.75, 3.05) is 6.61 Å². The third-order valence-corrected chi connectivity index (χ3v) is 4.30. The van der Waals surface area contributed by atoms with Crippen LogP contribution in [-0.2, 0) is 4.79 Å². The fourth-order valence-electron chi connectivity index (χ4n) is 2.94. The SMILES string of the molecule is N#CC1(C(=O)N[C@@H](CO)c2ccccc2)CCCCCC1. The monoisotopic (exact) mass is 286 g/mol. The molecule has 0 spiro atoms. The quantitative estimate of drug-likeness (QED) is 0.836. The van der Waals surface area contributed by atoms with Crippen molar-refractivity contribution in [1.29, 1.82) is 5.26 Å². The fraction of sp³-hybridized carbons (Fsp3) is 0.529. The lowest BCUT2D eigenvalue weighted by atomic mass is 9.80. The molecule has 1 fully saturated rings. The molecule has 1 atom stereocenters. The van der Waals surface area contributed by atoms with Gasteiger partial charge in [-0.05, 0) is 18.4 Å². The van der Waals surface area contributed by atoms with Gasteiger partial charge in [0.25, 0.3) is 0 Å². The van der Waals surface area contributed by atoms with Crippen molar-refractivity contribution in [3.8, 4) is 6.07 Å². The highest BCUT2D eigenvalue weighted by Crippen LogP contribution is 2.35. The van der Waals surface area contributed by atoms with Gasteiger partial charge in [0.15, 0.2) is 0 Å². The first kappa shape index (κ1) is 15.5. The summed E-state index contributed by atoms with van der Waals surface area (Å²) in [5.74, 6) is -0.241. The van der Waals surface area contributed by atoms with Crippen molar-refractivity contribution in [2.24, 2.45) is 5.41 Å². The van der Waals surface area contributed by atoms with Crippen LogP contribution in [0.4, 0.5) is 0 Å². The number of aliphatic hydroxyl groups is 1. The lowest BCUT2D eigenvalue weighted by molar-refractivity contribution is -0.130. The number of hydrogen-bond donors (Lipinski definition) is 2. The van der Waals surface area contributed by atoms with Crippen molar-refractivity contribution in [3.05, 3.63) is 35.9 Å². The van der Waals surface area contributed by atoms with Crippen LogP contribution in [0.1, 0.15) is 50.1 Å². The Kier molecular flexibility index (Phi) is 5.35. The number of amides is 1. The smallest absolute Gasteiger partial charge is 0.241 e. The van der Waals surface area contributed by atoms with Crippen LogP contribution < -0.4 is 5.32 Å². The molecule has 4 heteroatoms. The normalized spacial score (nSPS) is 19.0. The molecular formula is C17H22N2O2. The zero-order chi connectivity index (χ0) is 15.1. The summed E-state index contributed by atoms with van der Waals surface area (Å²) < 4.78 is 0. The van der Waals surface area contributed by atoms with Gasteiger partial charge >= 0.3 is 0 Å². The van der Waals surface area contributed by atoms with Crippen molar-refractivity contribution in [3.63, 3.8) is 0 Å². The number of carbonyl (C=O) groups excluding carboxylic acids is 1. The average molecular weight is 286 g/mol. The molecule has 2 rings (SSSR count). The van der Waals surface area contributed by atoms with E-state index in [9.17, 15) is 15.2 Å². The predicted octanol–water partition coefficient (Wildman–Crippen LogP) is 2.70. The van der Waals surface area contributed by atoms with E-state index in [4.69, 9.17) is 0 Å². The molecule has 112 valence electrons. The van der Waals surface area contributed by atoms with Gasteiger partial charge in [-0.3, -0.25) is 4.79 Å². The standard InChI is InChI=1S/C17H22N2O2/c18-13-17(10-6-1-2-7-11-17)16(21)19-15(12-20)14-8-4-3-5-9-14/h3-5,8-9,15,20H,1-2,6-7,10-12H2,(H,19,21)/t15-/m0/s1. The molecule has 21 heavy (non-hydrogen) atoms. The van der Waals surface area contributed by atoms with E-state index in [0.29, 0.717) is 12.8 Å². The summed E-state index contributed by atoms with van der Waals surface area (Å²) in [5.41, 5.74) is -0.0753. The number of aliphatic hydroxyl groups excluding tert-OH is 1. The minimum absolute atomic E-state index is 0.169. The summed E-state index contributed by atoms with van der Waals surface area (Å²) in [6.07, 6.45) is 5.22. The van der Waals surface area contributed by atoms with E-state index in [2.05, 4.69) is 11.4 Å². The highest BCUT2D eigenvalue weighted by Gasteiger charge is 2.39. The molecule has 1 aliphatic rings. The van der Waals surface area contributed by atoms with E-state index in [1.54, 1.807) is 0 Å². The molecule has 1 aromatic carbocycles. The summed E-state index contributed by atoms with van der Waals surface area (Å²) in [5, 5.41) is 21.9. The maximum atomic E-state index is 12.6. The largest absolute Gasteiger partial charge is 0.394 e. The van der Waals surface area contributed by atoms with E-state index in [-0.39, 0.29) is 12.5 Å². The first-order valence-corrected chi connectivity index (χ1v) is 7.60. The second-order valence-corrected chi connectivity index (χ2v) is 5.73. The third kappa shape index (κ3) is 3.62. The number of nitriles is 1. The number of carbonyl (C=O) groups is 1. The van der Waals surface area contributed by atoms with Gasteiger partial charge in [-0.2, -0.15) is 5.26 Å². The van der Waals surface area contributed by atoms with Gasteiger partial charge in [0.05, 0.1) is 18.7 Å². The van der Waals surface area contributed by atoms with Gasteiger partial charge in [-0.1, -0.05) is 56.0 Å². The van der Waals surface area contributed by atoms with E-state index >= 15 is 0 Å². The fourth-order valence-corrected chi connectivity index (χ4v) is 2.94. The molecule has 0 saturated heterocycles. The van der Waals surface area contributed by atoms with Crippen LogP contribution in [-0.4, -0.2) is 17.6 Å². The number of nitrogens with one attached hydrogen (secondary N) is 1. The summed E-state index contributed by atoms with van der Waals surface area (Å²) in [6.45, 7) is -0.169. The Morgan fingerprint density at radius 2 is 1.86 bits per heavy atom. The Hall–Kier alpha value is -1.86. The van der Waals surface area contributed by atoms with Gasteiger partial charge in [0.1, 0.15) is 5.41 Å². The van der Waals surface area contributed by atoms with Crippen LogP contribution in [0.15, 0.2) is 30.3 Å². The van der Waals surface area contributed by atoms with Crippen molar-refractivity contribution >= 4 is 5.91 Å². The lowest BCUT2D eigenvalue weighted by Crippen LogP contribution is -2.42. The molecular weight excluding hydrogens is 264 g/mol. The van der Waals surface area contributed by atoms with Gasteiger partial charge in [-0.15, -0.1) is 0 Å². The maximum Gasteiger partial charge on any atom is 0.241 e. The van der Waals surface area contributed by atoms with Crippen LogP contribution in [0.3, 0.4) is 0 Å². The topological polar surface area (TPSA) is 73.1 Å². The molecule has 0 heterocycles. The molecule has 1 aliphatic carbocycles. The Balaban J connectivity index is 2.13. The zero-order valence-electron chi connectivity index (χ0n) is 12.2. The lowest BCUT2D eigenvalue weighted by Gasteiger charge is -2.27. The molecule has 0 aromatic heterocycles. The molecule has 0 aliphatic heterocycles. The third-order valence-electron chi connectivity index (χ3n) is 4.30. The molecule has 0 bridgehead atoms. The van der Waals surface area contributed by atoms with E-state index in [0.717, 1.165) is 31.2 Å². The summed E-state index contributed by atoms with van der Waals surface area (Å²) in [6, 6.07) is 11.2. The summed E-state index contributed by atoms with van der Waals surface area (Å²) >= 11 is 0. The molecule has 1 amide bonds. The summed E-state index contributed by atoms with van der Waals surface area (Å²) in [7, 11) is 0. The summed E-state index contributed by atoms with van der Waals surface area (Å²) in [4.78, 5) is 12.6. The molecule has 4 nitrogen and oxygen atoms in total. The van der Waals surface area contributed by atoms with Crippen LogP contribution in [0, 0.1) is 16.7 Å². The second kappa shape index (κ2) is 7.24. The maximum absolute atomic E-state index is 12.6. The molecule has 1 saturated carbocycles. The Labute approximate surface area is 125 Å². The number of benzene rings is 1. The second-order valence-electron chi connectivity index (χ2n) is 5.73. The minimum Gasteiger partial charge on any atom is -0.394 e. The number of rotatable bonds is 4. The van der Waals surface area contributed by atoms with Crippen molar-refractivity contribution < 1.29 is 9.90 Å². The van der Waals surface area contributed by atoms with Crippen LogP contribution in [0.5, 0.6) is 0 Å². The zero-order valence-corrected chi connectivity index (χ0v) is 12.2. The van der Waals surface area contributed by atoms with Crippen molar-refractivity contribution in [2.45, 2.75) is 44.6 Å². The first-order valence-electron chi connectivity index (χ1n) is 7.60. The number of nitrogens with zero attached hydrogens (tertiary/aromatic N) is 1. The van der Waals surface area contributed by atoms with E-state index in [1.165, 1.54) is 0 Å². The molecule has 0 radical (unpaired) electrons. The minimum atomic E-state index is -0.932. The van der Waals surface area contributed by atoms with Gasteiger partial charge in [-0.25, -0.2) is 0 Å². The van der Waals surface area contributed by atoms with E-state index < -0.39 is 11.5 Å². The molecule has 2 N–H and O–H groups in total. The average Bonchev–Trinajstić information content (AvgIpc) is 2.79. The highest BCUT2D eigenvalue weighted by atomic mass is 16.3. The van der Waals surface area contributed by atoms with Crippen LogP contribution in [0.2, 0.25) is 0 Å². The Morgan fingerprint density at radius 3 is 2.38 bits per heavy atom. The first-order chi connectivity index (χ1) is 10.2. The van der Waals surface area contributed by atoms with Crippen LogP contribution in [0.25, 0.3) is 0 Å². The van der Waals surface area contributed by atoms with E-state index in [1.807, 2.05) is 30.3 Å². The van der Waals surface area contributed by atoms with Crippen LogP contribution >= 0.6 is 0 Å². The molecule has 1 aromatic rings. The number of hydrogen-bond acceptors (Lipinski definition) is 3. The Bertz CT molecular complexity index is 499. The van der Waals surface area contributed by atoms with Gasteiger partial charge in [0, 0.05) is 0 Å². The van der Waals surface area contributed by atoms with Gasteiger partial charge in [0.2, 0.25) is 5.91 Å².